The quantitative estimate of drug-likeness (QED) is 0.307. The molecule has 0 fully saturated rings. The summed E-state index contributed by atoms with van der Waals surface area (Å²) in [6, 6.07) is 3.29. The molecule has 0 radical (unpaired) electrons. The van der Waals surface area contributed by atoms with Crippen LogP contribution in [0.3, 0.4) is 0 Å². The molecule has 0 aromatic heterocycles. The van der Waals surface area contributed by atoms with Crippen molar-refractivity contribution in [2.45, 2.75) is 20.3 Å². The zero-order valence-electron chi connectivity index (χ0n) is 16.3. The van der Waals surface area contributed by atoms with Gasteiger partial charge in [0.2, 0.25) is 0 Å². The number of ether oxygens (including phenoxy) is 1. The lowest BCUT2D eigenvalue weighted by molar-refractivity contribution is -0.393. The van der Waals surface area contributed by atoms with Crippen molar-refractivity contribution in [1.82, 2.24) is 0 Å². The fraction of sp³-hybridized carbons (Fsp3) is 0.263. The Bertz CT molecular complexity index is 1170. The Morgan fingerprint density at radius 2 is 1.45 bits per heavy atom. The molecule has 1 aliphatic rings. The van der Waals surface area contributed by atoms with Crippen molar-refractivity contribution in [1.29, 1.82) is 0 Å². The second kappa shape index (κ2) is 7.89. The average Bonchev–Trinajstić information content (AvgIpc) is 2.98. The van der Waals surface area contributed by atoms with Crippen molar-refractivity contribution in [3.8, 4) is 11.1 Å². The maximum absolute atomic E-state index is 12.9. The largest absolute Gasteiger partial charge is 0.462 e. The summed E-state index contributed by atoms with van der Waals surface area (Å²) in [4.78, 5) is 57.0. The summed E-state index contributed by atoms with van der Waals surface area (Å²) in [6.45, 7) is 3.78. The maximum atomic E-state index is 12.9. The van der Waals surface area contributed by atoms with E-state index >= 15 is 0 Å². The van der Waals surface area contributed by atoms with E-state index in [-0.39, 0.29) is 34.8 Å². The van der Waals surface area contributed by atoms with Gasteiger partial charge in [0.1, 0.15) is 0 Å². The molecule has 0 atom stereocenters. The van der Waals surface area contributed by atoms with Gasteiger partial charge in [-0.15, -0.1) is 0 Å². The molecule has 160 valence electrons. The number of nitrogens with zero attached hydrogens (tertiary/aromatic N) is 3. The van der Waals surface area contributed by atoms with Gasteiger partial charge in [-0.3, -0.25) is 35.1 Å². The number of carbonyl (C=O) groups excluding carboxylic acids is 2. The number of hydrogen-bond acceptors (Lipinski definition) is 9. The first-order chi connectivity index (χ1) is 14.5. The highest BCUT2D eigenvalue weighted by Crippen LogP contribution is 2.47. The van der Waals surface area contributed by atoms with E-state index in [1.165, 1.54) is 0 Å². The van der Waals surface area contributed by atoms with Crippen LogP contribution in [0, 0.1) is 36.3 Å². The summed E-state index contributed by atoms with van der Waals surface area (Å²) in [5.74, 6) is -1.68. The van der Waals surface area contributed by atoms with E-state index in [1.54, 1.807) is 0 Å². The Labute approximate surface area is 173 Å². The van der Waals surface area contributed by atoms with Crippen molar-refractivity contribution in [2.24, 2.45) is 5.92 Å². The zero-order chi connectivity index (χ0) is 23.0. The molecule has 3 rings (SSSR count). The Hall–Kier alpha value is -4.22. The molecule has 0 saturated heterocycles. The molecule has 0 spiro atoms. The number of fused-ring (bicyclic) bond motifs is 3. The van der Waals surface area contributed by atoms with Crippen LogP contribution in [0.4, 0.5) is 17.1 Å². The second-order valence-corrected chi connectivity index (χ2v) is 7.22. The van der Waals surface area contributed by atoms with Gasteiger partial charge in [0.05, 0.1) is 38.6 Å². The van der Waals surface area contributed by atoms with Gasteiger partial charge in [-0.25, -0.2) is 4.79 Å². The molecule has 2 aromatic rings. The monoisotopic (exact) mass is 429 g/mol. The molecule has 0 amide bonds. The first kappa shape index (κ1) is 21.5. The van der Waals surface area contributed by atoms with E-state index in [1.807, 2.05) is 13.8 Å². The topological polar surface area (TPSA) is 173 Å². The number of ketones is 1. The van der Waals surface area contributed by atoms with Crippen molar-refractivity contribution >= 4 is 28.8 Å². The van der Waals surface area contributed by atoms with Crippen LogP contribution in [0.5, 0.6) is 0 Å². The predicted octanol–water partition coefficient (Wildman–Crippen LogP) is 3.83. The van der Waals surface area contributed by atoms with E-state index in [0.29, 0.717) is 12.5 Å². The van der Waals surface area contributed by atoms with Crippen molar-refractivity contribution in [3.63, 3.8) is 0 Å². The first-order valence-corrected chi connectivity index (χ1v) is 9.04. The van der Waals surface area contributed by atoms with Crippen LogP contribution < -0.4 is 0 Å². The molecule has 12 heteroatoms. The van der Waals surface area contributed by atoms with Gasteiger partial charge in [0.15, 0.2) is 5.78 Å². The van der Waals surface area contributed by atoms with Gasteiger partial charge in [-0.2, -0.15) is 0 Å². The molecule has 2 aromatic carbocycles. The Kier molecular flexibility index (Phi) is 5.47. The van der Waals surface area contributed by atoms with E-state index in [2.05, 4.69) is 0 Å². The van der Waals surface area contributed by atoms with E-state index in [0.717, 1.165) is 18.2 Å². The lowest BCUT2D eigenvalue weighted by atomic mass is 9.97. The predicted molar refractivity (Wildman–Crippen MR) is 105 cm³/mol. The molecule has 0 bridgehead atoms. The number of esters is 1. The van der Waals surface area contributed by atoms with Gasteiger partial charge in [0, 0.05) is 34.9 Å². The molecule has 0 aliphatic heterocycles. The molecule has 0 N–H and O–H groups in total. The van der Waals surface area contributed by atoms with Crippen LogP contribution >= 0.6 is 0 Å². The van der Waals surface area contributed by atoms with Crippen LogP contribution in [-0.2, 0) is 4.74 Å². The number of nitro benzene ring substituents is 3. The minimum absolute atomic E-state index is 0.00285. The van der Waals surface area contributed by atoms with Crippen molar-refractivity contribution in [2.75, 3.05) is 6.61 Å². The molecule has 1 aliphatic carbocycles. The van der Waals surface area contributed by atoms with Gasteiger partial charge < -0.3 is 4.74 Å². The third kappa shape index (κ3) is 3.82. The normalized spacial score (nSPS) is 11.8. The highest BCUT2D eigenvalue weighted by atomic mass is 16.6. The van der Waals surface area contributed by atoms with Gasteiger partial charge in [-0.1, -0.05) is 13.8 Å². The summed E-state index contributed by atoms with van der Waals surface area (Å²) < 4.78 is 5.16. The van der Waals surface area contributed by atoms with Crippen LogP contribution in [0.15, 0.2) is 24.3 Å². The standard InChI is InChI=1S/C19H15N3O9/c1-9(2)3-4-31-19(24)14-7-10(20(25)26)5-12-16(14)17-13(18(12)23)6-11(21(27)28)8-15(17)22(29)30/h5-9H,3-4H2,1-2H3. The molecule has 0 unspecified atom stereocenters. The van der Waals surface area contributed by atoms with Crippen LogP contribution in [-0.4, -0.2) is 33.1 Å². The highest BCUT2D eigenvalue weighted by molar-refractivity contribution is 6.26. The maximum Gasteiger partial charge on any atom is 0.339 e. The number of rotatable bonds is 7. The molecule has 31 heavy (non-hydrogen) atoms. The summed E-state index contributed by atoms with van der Waals surface area (Å²) >= 11 is 0. The Morgan fingerprint density at radius 1 is 0.903 bits per heavy atom. The third-order valence-electron chi connectivity index (χ3n) is 4.73. The highest BCUT2D eigenvalue weighted by Gasteiger charge is 2.40. The van der Waals surface area contributed by atoms with Crippen molar-refractivity contribution in [3.05, 3.63) is 71.3 Å². The number of hydrogen-bond donors (Lipinski definition) is 0. The van der Waals surface area contributed by atoms with Crippen molar-refractivity contribution < 1.29 is 29.1 Å². The summed E-state index contributed by atoms with van der Waals surface area (Å²) in [7, 11) is 0. The summed E-state index contributed by atoms with van der Waals surface area (Å²) in [5.41, 5.74) is -3.66. The van der Waals surface area contributed by atoms with Gasteiger partial charge in [0.25, 0.3) is 17.1 Å². The molecular formula is C19H15N3O9. The average molecular weight is 429 g/mol. The Balaban J connectivity index is 2.28. The van der Waals surface area contributed by atoms with Crippen LogP contribution in [0.2, 0.25) is 0 Å². The van der Waals surface area contributed by atoms with E-state index in [4.69, 9.17) is 4.74 Å². The first-order valence-electron chi connectivity index (χ1n) is 9.04. The molecule has 12 nitrogen and oxygen atoms in total. The molecular weight excluding hydrogens is 414 g/mol. The molecule has 0 saturated carbocycles. The Morgan fingerprint density at radius 3 is 1.97 bits per heavy atom. The van der Waals surface area contributed by atoms with Gasteiger partial charge in [-0.05, 0) is 12.3 Å². The SMILES string of the molecule is CC(C)CCOC(=O)c1cc([N+](=O)[O-])cc2c1-c1c(cc([N+](=O)[O-])cc1[N+](=O)[O-])C2=O. The van der Waals surface area contributed by atoms with Crippen LogP contribution in [0.1, 0.15) is 46.5 Å². The third-order valence-corrected chi connectivity index (χ3v) is 4.73. The fourth-order valence-electron chi connectivity index (χ4n) is 3.25. The summed E-state index contributed by atoms with van der Waals surface area (Å²) in [6.07, 6.45) is 0.505. The fourth-order valence-corrected chi connectivity index (χ4v) is 3.25. The summed E-state index contributed by atoms with van der Waals surface area (Å²) in [5, 5.41) is 34.1. The second-order valence-electron chi connectivity index (χ2n) is 7.22. The minimum atomic E-state index is -0.992. The van der Waals surface area contributed by atoms with Gasteiger partial charge >= 0.3 is 5.97 Å². The zero-order valence-corrected chi connectivity index (χ0v) is 16.3. The number of benzene rings is 2. The lowest BCUT2D eigenvalue weighted by Crippen LogP contribution is -2.11. The minimum Gasteiger partial charge on any atom is -0.462 e. The smallest absolute Gasteiger partial charge is 0.339 e. The van der Waals surface area contributed by atoms with E-state index < -0.39 is 49.1 Å². The van der Waals surface area contributed by atoms with Crippen LogP contribution in [0.25, 0.3) is 11.1 Å². The van der Waals surface area contributed by atoms with E-state index in [9.17, 15) is 39.9 Å². The number of non-ortho nitro benzene ring substituents is 2. The number of carbonyl (C=O) groups is 2. The molecule has 0 heterocycles. The number of nitro groups is 3. The lowest BCUT2D eigenvalue weighted by Gasteiger charge is -2.11.